The quantitative estimate of drug-likeness (QED) is 0.162. The van der Waals surface area contributed by atoms with Crippen LogP contribution in [0.5, 0.6) is 34.5 Å². The van der Waals surface area contributed by atoms with Gasteiger partial charge in [-0.1, -0.05) is 19.9 Å². The smallest absolute Gasteiger partial charge is 0.342 e. The first-order valence-corrected chi connectivity index (χ1v) is 13.9. The number of benzene rings is 3. The summed E-state index contributed by atoms with van der Waals surface area (Å²) in [4.78, 5) is 29.9. The standard InChI is InChI=1S/C32H41NO11/c1-10-33(11-2)14-15-43-32(35)27-26(31(34)42-9)24(19-12-13-21(37-4)22(16-19)38-5)25-20(28(27)44-18-36-3)17-23(39-6)29(40-7)30(25)41-8/h12-13,16-17H,10-11,14-15,18H2,1-9H3. The Labute approximate surface area is 257 Å². The molecule has 12 heteroatoms. The van der Waals surface area contributed by atoms with Crippen LogP contribution in [0.4, 0.5) is 0 Å². The third-order valence-electron chi connectivity index (χ3n) is 7.17. The Balaban J connectivity index is 2.59. The molecule has 0 amide bonds. The van der Waals surface area contributed by atoms with Gasteiger partial charge in [-0.25, -0.2) is 9.59 Å². The van der Waals surface area contributed by atoms with Crippen molar-refractivity contribution in [2.45, 2.75) is 13.8 Å². The maximum absolute atomic E-state index is 14.0. The average molecular weight is 616 g/mol. The van der Waals surface area contributed by atoms with Crippen LogP contribution in [0.1, 0.15) is 34.6 Å². The van der Waals surface area contributed by atoms with Crippen molar-refractivity contribution >= 4 is 22.7 Å². The Morgan fingerprint density at radius 1 is 0.705 bits per heavy atom. The fraction of sp³-hybridized carbons (Fsp3) is 0.438. The molecule has 0 atom stereocenters. The number of likely N-dealkylation sites (N-methyl/N-ethyl adjacent to an activating group) is 1. The second kappa shape index (κ2) is 15.9. The van der Waals surface area contributed by atoms with E-state index in [0.717, 1.165) is 13.1 Å². The Kier molecular flexibility index (Phi) is 12.3. The molecule has 0 fully saturated rings. The predicted molar refractivity (Wildman–Crippen MR) is 164 cm³/mol. The number of carbonyl (C=O) groups is 2. The van der Waals surface area contributed by atoms with E-state index < -0.39 is 11.9 Å². The van der Waals surface area contributed by atoms with E-state index in [1.807, 2.05) is 13.8 Å². The molecule has 0 saturated heterocycles. The molecular formula is C32H41NO11. The molecular weight excluding hydrogens is 574 g/mol. The van der Waals surface area contributed by atoms with Gasteiger partial charge in [0.2, 0.25) is 5.75 Å². The molecule has 0 aliphatic heterocycles. The van der Waals surface area contributed by atoms with Crippen LogP contribution in [0.3, 0.4) is 0 Å². The first-order valence-electron chi connectivity index (χ1n) is 13.9. The van der Waals surface area contributed by atoms with Crippen molar-refractivity contribution in [3.8, 4) is 45.6 Å². The second-order valence-corrected chi connectivity index (χ2v) is 9.30. The van der Waals surface area contributed by atoms with E-state index in [9.17, 15) is 9.59 Å². The molecule has 0 spiro atoms. The van der Waals surface area contributed by atoms with Crippen LogP contribution in [-0.4, -0.2) is 99.6 Å². The summed E-state index contributed by atoms with van der Waals surface area (Å²) in [5, 5.41) is 0.744. The van der Waals surface area contributed by atoms with Gasteiger partial charge in [0.1, 0.15) is 17.9 Å². The Morgan fingerprint density at radius 2 is 1.36 bits per heavy atom. The number of carbonyl (C=O) groups excluding carboxylic acids is 2. The van der Waals surface area contributed by atoms with Crippen LogP contribution in [-0.2, 0) is 14.2 Å². The predicted octanol–water partition coefficient (Wildman–Crippen LogP) is 4.82. The van der Waals surface area contributed by atoms with Gasteiger partial charge >= 0.3 is 11.9 Å². The van der Waals surface area contributed by atoms with Gasteiger partial charge in [-0.15, -0.1) is 0 Å². The molecule has 0 unspecified atom stereocenters. The monoisotopic (exact) mass is 615 g/mol. The normalized spacial score (nSPS) is 10.9. The number of methoxy groups -OCH3 is 7. The van der Waals surface area contributed by atoms with Crippen molar-refractivity contribution < 1.29 is 52.2 Å². The topological polar surface area (TPSA) is 120 Å². The van der Waals surface area contributed by atoms with Crippen molar-refractivity contribution in [1.82, 2.24) is 4.90 Å². The molecule has 0 heterocycles. The zero-order chi connectivity index (χ0) is 32.4. The van der Waals surface area contributed by atoms with Gasteiger partial charge in [0, 0.05) is 30.0 Å². The van der Waals surface area contributed by atoms with Gasteiger partial charge < -0.3 is 47.5 Å². The van der Waals surface area contributed by atoms with E-state index in [4.69, 9.17) is 42.6 Å². The van der Waals surface area contributed by atoms with E-state index in [-0.39, 0.29) is 47.3 Å². The van der Waals surface area contributed by atoms with Gasteiger partial charge in [-0.3, -0.25) is 0 Å². The zero-order valence-corrected chi connectivity index (χ0v) is 26.8. The number of rotatable bonds is 16. The van der Waals surface area contributed by atoms with Gasteiger partial charge in [0.15, 0.2) is 29.8 Å². The number of ether oxygens (including phenoxy) is 9. The van der Waals surface area contributed by atoms with Crippen molar-refractivity contribution in [1.29, 1.82) is 0 Å². The maximum Gasteiger partial charge on any atom is 0.342 e. The van der Waals surface area contributed by atoms with Crippen molar-refractivity contribution in [2.24, 2.45) is 0 Å². The van der Waals surface area contributed by atoms with Crippen LogP contribution in [0.2, 0.25) is 0 Å². The Hall–Kier alpha value is -4.42. The van der Waals surface area contributed by atoms with Crippen LogP contribution in [0, 0.1) is 0 Å². The Morgan fingerprint density at radius 3 is 1.91 bits per heavy atom. The molecule has 12 nitrogen and oxygen atoms in total. The van der Waals surface area contributed by atoms with Crippen molar-refractivity contribution in [2.75, 3.05) is 82.8 Å². The summed E-state index contributed by atoms with van der Waals surface area (Å²) in [6, 6.07) is 6.73. The van der Waals surface area contributed by atoms with Crippen molar-refractivity contribution in [3.05, 3.63) is 35.4 Å². The number of esters is 2. The van der Waals surface area contributed by atoms with Gasteiger partial charge in [0.05, 0.1) is 48.2 Å². The summed E-state index contributed by atoms with van der Waals surface area (Å²) in [5.74, 6) is 0.0295. The van der Waals surface area contributed by atoms with E-state index in [2.05, 4.69) is 4.90 Å². The molecule has 0 aliphatic rings. The molecule has 0 bridgehead atoms. The fourth-order valence-corrected chi connectivity index (χ4v) is 5.01. The largest absolute Gasteiger partial charge is 0.493 e. The van der Waals surface area contributed by atoms with Crippen LogP contribution in [0.25, 0.3) is 21.9 Å². The molecule has 240 valence electrons. The highest BCUT2D eigenvalue weighted by Crippen LogP contribution is 2.53. The lowest BCUT2D eigenvalue weighted by atomic mass is 9.87. The SMILES string of the molecule is CCN(CC)CCOC(=O)c1c(C(=O)OC)c(-c2ccc(OC)c(OC)c2)c2c(OC)c(OC)c(OC)cc2c1OCOC. The van der Waals surface area contributed by atoms with E-state index in [1.54, 1.807) is 24.3 Å². The zero-order valence-electron chi connectivity index (χ0n) is 26.8. The van der Waals surface area contributed by atoms with Crippen molar-refractivity contribution in [3.63, 3.8) is 0 Å². The van der Waals surface area contributed by atoms with Crippen LogP contribution in [0.15, 0.2) is 24.3 Å². The number of fused-ring (bicyclic) bond motifs is 1. The lowest BCUT2D eigenvalue weighted by Gasteiger charge is -2.24. The molecule has 0 N–H and O–H groups in total. The summed E-state index contributed by atoms with van der Waals surface area (Å²) in [6.07, 6.45) is 0. The first-order chi connectivity index (χ1) is 21.3. The Bertz CT molecular complexity index is 1470. The maximum atomic E-state index is 14.0. The molecule has 3 rings (SSSR count). The van der Waals surface area contributed by atoms with E-state index in [0.29, 0.717) is 40.1 Å². The third-order valence-corrected chi connectivity index (χ3v) is 7.17. The summed E-state index contributed by atoms with van der Waals surface area (Å²) in [5.41, 5.74) is 0.497. The third kappa shape index (κ3) is 6.71. The number of hydrogen-bond acceptors (Lipinski definition) is 12. The van der Waals surface area contributed by atoms with E-state index >= 15 is 0 Å². The first kappa shape index (κ1) is 34.1. The lowest BCUT2D eigenvalue weighted by Crippen LogP contribution is -2.28. The van der Waals surface area contributed by atoms with Gasteiger partial charge in [-0.2, -0.15) is 0 Å². The highest BCUT2D eigenvalue weighted by Gasteiger charge is 2.35. The highest BCUT2D eigenvalue weighted by molar-refractivity contribution is 6.20. The fourth-order valence-electron chi connectivity index (χ4n) is 5.01. The summed E-state index contributed by atoms with van der Waals surface area (Å²) in [7, 11) is 10.1. The van der Waals surface area contributed by atoms with E-state index in [1.165, 1.54) is 49.8 Å². The molecule has 0 saturated carbocycles. The molecule has 0 aromatic heterocycles. The minimum Gasteiger partial charge on any atom is -0.493 e. The van der Waals surface area contributed by atoms with Gasteiger partial charge in [0.25, 0.3) is 0 Å². The highest BCUT2D eigenvalue weighted by atomic mass is 16.7. The van der Waals surface area contributed by atoms with Gasteiger partial charge in [-0.05, 0) is 36.9 Å². The number of hydrogen-bond donors (Lipinski definition) is 0. The molecule has 0 radical (unpaired) electrons. The van der Waals surface area contributed by atoms with Crippen LogP contribution < -0.4 is 28.4 Å². The molecule has 3 aromatic rings. The lowest BCUT2D eigenvalue weighted by molar-refractivity contribution is 0.0397. The summed E-state index contributed by atoms with van der Waals surface area (Å²) in [6.45, 7) is 5.92. The number of nitrogens with zero attached hydrogens (tertiary/aromatic N) is 1. The average Bonchev–Trinajstić information content (AvgIpc) is 3.06. The summed E-state index contributed by atoms with van der Waals surface area (Å²) < 4.78 is 50.5. The molecule has 3 aromatic carbocycles. The minimum absolute atomic E-state index is 0.0126. The summed E-state index contributed by atoms with van der Waals surface area (Å²) >= 11 is 0. The molecule has 44 heavy (non-hydrogen) atoms. The second-order valence-electron chi connectivity index (χ2n) is 9.30. The minimum atomic E-state index is -0.813. The van der Waals surface area contributed by atoms with Crippen LogP contribution >= 0.6 is 0 Å². The molecule has 0 aliphatic carbocycles.